The van der Waals surface area contributed by atoms with Crippen molar-refractivity contribution in [1.29, 1.82) is 0 Å². The van der Waals surface area contributed by atoms with Crippen LogP contribution >= 0.6 is 0 Å². The number of ether oxygens (including phenoxy) is 1. The lowest BCUT2D eigenvalue weighted by Gasteiger charge is -2.41. The Kier molecular flexibility index (Phi) is 6.33. The van der Waals surface area contributed by atoms with Gasteiger partial charge in [-0.25, -0.2) is 0 Å². The molecule has 3 heteroatoms. The zero-order valence-corrected chi connectivity index (χ0v) is 11.9. The smallest absolute Gasteiger partial charge is 0.0589 e. The van der Waals surface area contributed by atoms with Crippen molar-refractivity contribution in [3.05, 3.63) is 35.9 Å². The minimum absolute atomic E-state index is 0.0277. The van der Waals surface area contributed by atoms with Crippen molar-refractivity contribution in [2.75, 3.05) is 33.9 Å². The van der Waals surface area contributed by atoms with E-state index in [4.69, 9.17) is 10.5 Å². The lowest BCUT2D eigenvalue weighted by Crippen LogP contribution is -2.54. The van der Waals surface area contributed by atoms with Gasteiger partial charge in [-0.3, -0.25) is 4.90 Å². The molecule has 0 saturated heterocycles. The molecule has 0 fully saturated rings. The van der Waals surface area contributed by atoms with Crippen LogP contribution in [0, 0.1) is 0 Å². The van der Waals surface area contributed by atoms with Crippen LogP contribution in [-0.2, 0) is 11.2 Å². The Bertz CT molecular complexity index is 323. The third-order valence-electron chi connectivity index (χ3n) is 3.85. The third kappa shape index (κ3) is 3.80. The molecule has 0 spiro atoms. The van der Waals surface area contributed by atoms with E-state index in [1.165, 1.54) is 5.56 Å². The molecule has 0 aliphatic rings. The summed E-state index contributed by atoms with van der Waals surface area (Å²) in [6.45, 7) is 4.53. The van der Waals surface area contributed by atoms with Crippen molar-refractivity contribution >= 4 is 0 Å². The zero-order chi connectivity index (χ0) is 13.4. The SMILES string of the molecule is CCC(CN)(Cc1ccccc1)N(C)CCOC. The fourth-order valence-corrected chi connectivity index (χ4v) is 2.34. The number of nitrogens with zero attached hydrogens (tertiary/aromatic N) is 1. The number of hydrogen-bond acceptors (Lipinski definition) is 3. The van der Waals surface area contributed by atoms with Crippen LogP contribution in [0.3, 0.4) is 0 Å². The minimum Gasteiger partial charge on any atom is -0.383 e. The van der Waals surface area contributed by atoms with Crippen LogP contribution < -0.4 is 5.73 Å². The summed E-state index contributed by atoms with van der Waals surface area (Å²) >= 11 is 0. The first-order valence-corrected chi connectivity index (χ1v) is 6.62. The topological polar surface area (TPSA) is 38.5 Å². The van der Waals surface area contributed by atoms with E-state index in [2.05, 4.69) is 43.1 Å². The Labute approximate surface area is 111 Å². The first kappa shape index (κ1) is 15.2. The molecule has 1 atom stereocenters. The van der Waals surface area contributed by atoms with E-state index >= 15 is 0 Å². The van der Waals surface area contributed by atoms with Gasteiger partial charge < -0.3 is 10.5 Å². The largest absolute Gasteiger partial charge is 0.383 e. The maximum absolute atomic E-state index is 6.06. The molecule has 3 nitrogen and oxygen atoms in total. The van der Waals surface area contributed by atoms with Gasteiger partial charge in [-0.15, -0.1) is 0 Å². The molecule has 18 heavy (non-hydrogen) atoms. The quantitative estimate of drug-likeness (QED) is 0.766. The molecule has 0 aliphatic heterocycles. The average Bonchev–Trinajstić information content (AvgIpc) is 2.43. The van der Waals surface area contributed by atoms with E-state index in [-0.39, 0.29) is 5.54 Å². The molecule has 0 amide bonds. The van der Waals surface area contributed by atoms with E-state index < -0.39 is 0 Å². The Balaban J connectivity index is 2.79. The highest BCUT2D eigenvalue weighted by molar-refractivity contribution is 5.18. The summed E-state index contributed by atoms with van der Waals surface area (Å²) in [7, 11) is 3.87. The molecule has 0 radical (unpaired) electrons. The zero-order valence-electron chi connectivity index (χ0n) is 11.9. The van der Waals surface area contributed by atoms with Gasteiger partial charge in [0, 0.05) is 25.7 Å². The molecule has 0 heterocycles. The summed E-state index contributed by atoms with van der Waals surface area (Å²) in [4.78, 5) is 2.34. The normalized spacial score (nSPS) is 14.7. The van der Waals surface area contributed by atoms with Crippen molar-refractivity contribution in [2.24, 2.45) is 5.73 Å². The molecular formula is C15H26N2O. The number of rotatable bonds is 8. The second kappa shape index (κ2) is 7.52. The summed E-state index contributed by atoms with van der Waals surface area (Å²) in [5.74, 6) is 0. The lowest BCUT2D eigenvalue weighted by molar-refractivity contribution is 0.0797. The fraction of sp³-hybridized carbons (Fsp3) is 0.600. The van der Waals surface area contributed by atoms with Gasteiger partial charge in [0.2, 0.25) is 0 Å². The molecule has 1 aromatic rings. The number of nitrogens with two attached hydrogens (primary N) is 1. The van der Waals surface area contributed by atoms with Gasteiger partial charge in [-0.2, -0.15) is 0 Å². The van der Waals surface area contributed by atoms with Crippen LogP contribution in [0.1, 0.15) is 18.9 Å². The Morgan fingerprint density at radius 3 is 2.44 bits per heavy atom. The maximum Gasteiger partial charge on any atom is 0.0589 e. The highest BCUT2D eigenvalue weighted by atomic mass is 16.5. The van der Waals surface area contributed by atoms with Crippen molar-refractivity contribution in [3.63, 3.8) is 0 Å². The van der Waals surface area contributed by atoms with E-state index in [1.54, 1.807) is 7.11 Å². The Morgan fingerprint density at radius 2 is 1.94 bits per heavy atom. The van der Waals surface area contributed by atoms with Crippen LogP contribution in [0.25, 0.3) is 0 Å². The molecule has 0 saturated carbocycles. The second-order valence-electron chi connectivity index (χ2n) is 4.86. The maximum atomic E-state index is 6.06. The molecular weight excluding hydrogens is 224 g/mol. The second-order valence-corrected chi connectivity index (χ2v) is 4.86. The lowest BCUT2D eigenvalue weighted by atomic mass is 9.86. The van der Waals surface area contributed by atoms with Gasteiger partial charge in [0.05, 0.1) is 6.61 Å². The Morgan fingerprint density at radius 1 is 1.28 bits per heavy atom. The molecule has 0 bridgehead atoms. The molecule has 2 N–H and O–H groups in total. The predicted octanol–water partition coefficient (Wildman–Crippen LogP) is 1.91. The number of benzene rings is 1. The highest BCUT2D eigenvalue weighted by Gasteiger charge is 2.31. The third-order valence-corrected chi connectivity index (χ3v) is 3.85. The summed E-state index contributed by atoms with van der Waals surface area (Å²) < 4.78 is 5.16. The summed E-state index contributed by atoms with van der Waals surface area (Å²) in [5, 5.41) is 0. The molecule has 1 rings (SSSR count). The van der Waals surface area contributed by atoms with E-state index in [0.717, 1.165) is 26.0 Å². The van der Waals surface area contributed by atoms with Crippen molar-refractivity contribution in [2.45, 2.75) is 25.3 Å². The fourth-order valence-electron chi connectivity index (χ4n) is 2.34. The predicted molar refractivity (Wildman–Crippen MR) is 76.7 cm³/mol. The molecule has 0 aliphatic carbocycles. The average molecular weight is 250 g/mol. The van der Waals surface area contributed by atoms with Crippen molar-refractivity contribution in [1.82, 2.24) is 4.90 Å². The standard InChI is InChI=1S/C15H26N2O/c1-4-15(13-16,17(2)10-11-18-3)12-14-8-6-5-7-9-14/h5-9H,4,10-13,16H2,1-3H3. The van der Waals surface area contributed by atoms with Crippen LogP contribution in [0.2, 0.25) is 0 Å². The summed E-state index contributed by atoms with van der Waals surface area (Å²) in [6.07, 6.45) is 2.03. The molecule has 102 valence electrons. The summed E-state index contributed by atoms with van der Waals surface area (Å²) in [5.41, 5.74) is 7.43. The first-order valence-electron chi connectivity index (χ1n) is 6.62. The molecule has 1 unspecified atom stereocenters. The monoisotopic (exact) mass is 250 g/mol. The Hall–Kier alpha value is -0.900. The van der Waals surface area contributed by atoms with Crippen LogP contribution in [0.4, 0.5) is 0 Å². The minimum atomic E-state index is 0.0277. The molecule has 0 aromatic heterocycles. The van der Waals surface area contributed by atoms with E-state index in [1.807, 2.05) is 6.07 Å². The van der Waals surface area contributed by atoms with E-state index in [0.29, 0.717) is 6.54 Å². The van der Waals surface area contributed by atoms with Crippen molar-refractivity contribution < 1.29 is 4.74 Å². The van der Waals surface area contributed by atoms with Crippen molar-refractivity contribution in [3.8, 4) is 0 Å². The van der Waals surface area contributed by atoms with Gasteiger partial charge in [0.1, 0.15) is 0 Å². The highest BCUT2D eigenvalue weighted by Crippen LogP contribution is 2.22. The van der Waals surface area contributed by atoms with Gasteiger partial charge >= 0.3 is 0 Å². The number of hydrogen-bond donors (Lipinski definition) is 1. The van der Waals surface area contributed by atoms with E-state index in [9.17, 15) is 0 Å². The summed E-state index contributed by atoms with van der Waals surface area (Å²) in [6, 6.07) is 10.6. The number of likely N-dealkylation sites (N-methyl/N-ethyl adjacent to an activating group) is 1. The number of methoxy groups -OCH3 is 1. The van der Waals surface area contributed by atoms with Crippen LogP contribution in [0.15, 0.2) is 30.3 Å². The molecule has 1 aromatic carbocycles. The van der Waals surface area contributed by atoms with Crippen LogP contribution in [0.5, 0.6) is 0 Å². The first-order chi connectivity index (χ1) is 8.68. The van der Waals surface area contributed by atoms with Gasteiger partial charge in [-0.1, -0.05) is 37.3 Å². The van der Waals surface area contributed by atoms with Crippen LogP contribution in [-0.4, -0.2) is 44.3 Å². The van der Waals surface area contributed by atoms with Gasteiger partial charge in [0.25, 0.3) is 0 Å². The van der Waals surface area contributed by atoms with Gasteiger partial charge in [-0.05, 0) is 25.5 Å². The van der Waals surface area contributed by atoms with Gasteiger partial charge in [0.15, 0.2) is 0 Å².